The zero-order chi connectivity index (χ0) is 28.3. The third-order valence-electron chi connectivity index (χ3n) is 8.28. The van der Waals surface area contributed by atoms with E-state index in [4.69, 9.17) is 15.0 Å². The number of hydrogen-bond donors (Lipinski definition) is 0. The molecule has 0 atom stereocenters. The molecule has 7 aromatic carbocycles. The van der Waals surface area contributed by atoms with Gasteiger partial charge in [0.2, 0.25) is 0 Å². The molecule has 0 spiro atoms. The first kappa shape index (κ1) is 24.2. The van der Waals surface area contributed by atoms with Crippen LogP contribution in [0, 0.1) is 0 Å². The van der Waals surface area contributed by atoms with Crippen LogP contribution in [0.5, 0.6) is 0 Å². The second-order valence-electron chi connectivity index (χ2n) is 10.8. The second-order valence-corrected chi connectivity index (χ2v) is 11.9. The van der Waals surface area contributed by atoms with Crippen molar-refractivity contribution in [2.45, 2.75) is 0 Å². The third-order valence-corrected chi connectivity index (χ3v) is 9.49. The first-order valence-electron chi connectivity index (χ1n) is 14.4. The Labute approximate surface area is 251 Å². The molecule has 0 saturated carbocycles. The highest BCUT2D eigenvalue weighted by atomic mass is 32.1. The van der Waals surface area contributed by atoms with Gasteiger partial charge in [0.15, 0.2) is 17.5 Å². The van der Waals surface area contributed by atoms with Crippen LogP contribution in [0.2, 0.25) is 0 Å². The van der Waals surface area contributed by atoms with E-state index < -0.39 is 0 Å². The van der Waals surface area contributed by atoms with Gasteiger partial charge in [0, 0.05) is 42.2 Å². The summed E-state index contributed by atoms with van der Waals surface area (Å²) in [7, 11) is 0. The van der Waals surface area contributed by atoms with Crippen LogP contribution in [0.25, 0.3) is 86.7 Å². The first-order chi connectivity index (χ1) is 21.3. The zero-order valence-electron chi connectivity index (χ0n) is 23.0. The molecule has 0 saturated heterocycles. The number of rotatable bonds is 3. The smallest absolute Gasteiger partial charge is 0.164 e. The summed E-state index contributed by atoms with van der Waals surface area (Å²) >= 11 is 1.89. The molecule has 2 aromatic heterocycles. The number of benzene rings is 7. The van der Waals surface area contributed by atoms with Gasteiger partial charge in [0.05, 0.1) is 0 Å². The van der Waals surface area contributed by atoms with Crippen LogP contribution in [0.15, 0.2) is 140 Å². The van der Waals surface area contributed by atoms with Gasteiger partial charge in [-0.05, 0) is 39.1 Å². The molecule has 0 bridgehead atoms. The number of aromatic nitrogens is 3. The summed E-state index contributed by atoms with van der Waals surface area (Å²) < 4.78 is 2.68. The van der Waals surface area contributed by atoms with Gasteiger partial charge in [0.25, 0.3) is 0 Å². The summed E-state index contributed by atoms with van der Waals surface area (Å²) in [5.41, 5.74) is 2.90. The van der Waals surface area contributed by atoms with Crippen LogP contribution in [-0.2, 0) is 0 Å². The molecule has 0 aliphatic heterocycles. The van der Waals surface area contributed by atoms with Crippen molar-refractivity contribution in [1.29, 1.82) is 0 Å². The summed E-state index contributed by atoms with van der Waals surface area (Å²) in [4.78, 5) is 14.8. The van der Waals surface area contributed by atoms with E-state index in [9.17, 15) is 0 Å². The van der Waals surface area contributed by atoms with Crippen LogP contribution < -0.4 is 0 Å². The highest BCUT2D eigenvalue weighted by molar-refractivity contribution is 7.27. The van der Waals surface area contributed by atoms with Crippen molar-refractivity contribution >= 4 is 63.8 Å². The Bertz CT molecular complexity index is 2440. The molecule has 0 fully saturated rings. The van der Waals surface area contributed by atoms with E-state index in [1.165, 1.54) is 47.1 Å². The number of nitrogens with zero attached hydrogens (tertiary/aromatic N) is 3. The Morgan fingerprint density at radius 1 is 0.372 bits per heavy atom. The molecule has 0 N–H and O–H groups in total. The normalized spacial score (nSPS) is 11.7. The molecule has 200 valence electrons. The second kappa shape index (κ2) is 9.55. The van der Waals surface area contributed by atoms with Crippen LogP contribution >= 0.6 is 11.3 Å². The van der Waals surface area contributed by atoms with E-state index in [-0.39, 0.29) is 0 Å². The van der Waals surface area contributed by atoms with Gasteiger partial charge in [-0.1, -0.05) is 127 Å². The van der Waals surface area contributed by atoms with Gasteiger partial charge in [-0.2, -0.15) is 0 Å². The monoisotopic (exact) mass is 565 g/mol. The largest absolute Gasteiger partial charge is 0.208 e. The molecule has 0 unspecified atom stereocenters. The van der Waals surface area contributed by atoms with Crippen LogP contribution in [0.4, 0.5) is 0 Å². The molecule has 2 heterocycles. The summed E-state index contributed by atoms with van der Waals surface area (Å²) in [6.07, 6.45) is 0. The quantitative estimate of drug-likeness (QED) is 0.200. The first-order valence-corrected chi connectivity index (χ1v) is 15.2. The van der Waals surface area contributed by atoms with Gasteiger partial charge >= 0.3 is 0 Å². The molecule has 9 aromatic rings. The minimum absolute atomic E-state index is 0.666. The fourth-order valence-electron chi connectivity index (χ4n) is 6.31. The maximum absolute atomic E-state index is 4.97. The minimum atomic E-state index is 0.666. The van der Waals surface area contributed by atoms with E-state index in [0.29, 0.717) is 17.5 Å². The Morgan fingerprint density at radius 2 is 0.930 bits per heavy atom. The van der Waals surface area contributed by atoms with Crippen molar-refractivity contribution in [3.8, 4) is 34.2 Å². The lowest BCUT2D eigenvalue weighted by atomic mass is 9.92. The molecule has 0 amide bonds. The predicted octanol–water partition coefficient (Wildman–Crippen LogP) is 10.7. The number of hydrogen-bond acceptors (Lipinski definition) is 4. The summed E-state index contributed by atoms with van der Waals surface area (Å²) in [6.45, 7) is 0. The van der Waals surface area contributed by atoms with E-state index >= 15 is 0 Å². The van der Waals surface area contributed by atoms with Crippen molar-refractivity contribution in [2.24, 2.45) is 0 Å². The summed E-state index contributed by atoms with van der Waals surface area (Å²) in [6, 6.07) is 49.0. The van der Waals surface area contributed by atoms with Crippen LogP contribution in [-0.4, -0.2) is 15.0 Å². The lowest BCUT2D eigenvalue weighted by Crippen LogP contribution is -2.00. The van der Waals surface area contributed by atoms with Crippen LogP contribution in [0.1, 0.15) is 0 Å². The molecule has 43 heavy (non-hydrogen) atoms. The highest BCUT2D eigenvalue weighted by Gasteiger charge is 2.17. The Balaban J connectivity index is 1.31. The van der Waals surface area contributed by atoms with Crippen LogP contribution in [0.3, 0.4) is 0 Å². The van der Waals surface area contributed by atoms with Gasteiger partial charge in [0.1, 0.15) is 0 Å². The van der Waals surface area contributed by atoms with Crippen molar-refractivity contribution in [2.75, 3.05) is 0 Å². The summed E-state index contributed by atoms with van der Waals surface area (Å²) in [5, 5.41) is 10.2. The average Bonchev–Trinajstić information content (AvgIpc) is 3.48. The van der Waals surface area contributed by atoms with Gasteiger partial charge in [-0.25, -0.2) is 15.0 Å². The highest BCUT2D eigenvalue weighted by Crippen LogP contribution is 2.45. The minimum Gasteiger partial charge on any atom is -0.208 e. The third kappa shape index (κ3) is 3.84. The van der Waals surface area contributed by atoms with Gasteiger partial charge in [-0.3, -0.25) is 0 Å². The predicted molar refractivity (Wildman–Crippen MR) is 182 cm³/mol. The van der Waals surface area contributed by atoms with E-state index in [1.54, 1.807) is 0 Å². The molecule has 3 nitrogen and oxygen atoms in total. The molecular weight excluding hydrogens is 543 g/mol. The molecule has 9 rings (SSSR count). The Morgan fingerprint density at radius 3 is 1.63 bits per heavy atom. The van der Waals surface area contributed by atoms with Crippen molar-refractivity contribution in [1.82, 2.24) is 15.0 Å². The Kier molecular flexibility index (Phi) is 5.37. The van der Waals surface area contributed by atoms with Crippen molar-refractivity contribution < 1.29 is 0 Å². The van der Waals surface area contributed by atoms with E-state index in [1.807, 2.05) is 72.0 Å². The van der Waals surface area contributed by atoms with E-state index in [0.717, 1.165) is 22.1 Å². The molecule has 0 aliphatic carbocycles. The van der Waals surface area contributed by atoms with Crippen molar-refractivity contribution in [3.63, 3.8) is 0 Å². The van der Waals surface area contributed by atoms with Crippen molar-refractivity contribution in [3.05, 3.63) is 140 Å². The van der Waals surface area contributed by atoms with Gasteiger partial charge < -0.3 is 0 Å². The molecule has 0 radical (unpaired) electrons. The maximum atomic E-state index is 4.97. The van der Waals surface area contributed by atoms with E-state index in [2.05, 4.69) is 78.9 Å². The SMILES string of the molecule is c1ccc(-c2nc(-c3ccccc3)nc(-c3ccc4c(ccc5c4c4ccccc4c4sc6ccccc6c54)c3)n2)cc1. The summed E-state index contributed by atoms with van der Waals surface area (Å²) in [5.74, 6) is 2.00. The zero-order valence-corrected chi connectivity index (χ0v) is 23.8. The maximum Gasteiger partial charge on any atom is 0.164 e. The fraction of sp³-hybridized carbons (Fsp3) is 0. The Hall–Kier alpha value is -5.45. The topological polar surface area (TPSA) is 38.7 Å². The fourth-order valence-corrected chi connectivity index (χ4v) is 7.56. The lowest BCUT2D eigenvalue weighted by molar-refractivity contribution is 1.07. The number of thiophene rings is 1. The standard InChI is InChI=1S/C39H23N3S/c1-3-11-24(12-4-1)37-40-38(25-13-5-2-6-14-25)42-39(41-37)27-20-21-28-26(23-27)19-22-32-34(28)29-15-7-8-16-30(29)36-35(32)31-17-9-10-18-33(31)43-36/h1-23H. The van der Waals surface area contributed by atoms with Gasteiger partial charge in [-0.15, -0.1) is 11.3 Å². The molecular formula is C39H23N3S. The molecule has 4 heteroatoms. The lowest BCUT2D eigenvalue weighted by Gasteiger charge is -2.12. The molecule has 0 aliphatic rings. The number of fused-ring (bicyclic) bond motifs is 10. The average molecular weight is 566 g/mol.